The molecule has 5 nitrogen and oxygen atoms in total. The lowest BCUT2D eigenvalue weighted by atomic mass is 9.82. The second-order valence-corrected chi connectivity index (χ2v) is 7.79. The predicted molar refractivity (Wildman–Crippen MR) is 94.7 cm³/mol. The standard InChI is InChI=1S/C19H33N3O2/c23-18-16-11-5-6-12-17(16)22(14-8-2-7-13-20-18)19(24)21-15-9-3-1-4-10-15/h15-17H,1-14H2,(H,20,23)(H,21,24)/t16-,17+/m1/s1. The van der Waals surface area contributed by atoms with Crippen LogP contribution in [0.15, 0.2) is 0 Å². The van der Waals surface area contributed by atoms with Gasteiger partial charge in [0.25, 0.3) is 0 Å². The maximum atomic E-state index is 13.0. The predicted octanol–water partition coefficient (Wildman–Crippen LogP) is 3.19. The quantitative estimate of drug-likeness (QED) is 0.773. The third-order valence-corrected chi connectivity index (χ3v) is 6.04. The van der Waals surface area contributed by atoms with E-state index >= 15 is 0 Å². The fraction of sp³-hybridized carbons (Fsp3) is 0.895. The highest BCUT2D eigenvalue weighted by Crippen LogP contribution is 2.30. The number of urea groups is 1. The Morgan fingerprint density at radius 3 is 2.46 bits per heavy atom. The fourth-order valence-corrected chi connectivity index (χ4v) is 4.64. The third kappa shape index (κ3) is 4.42. The van der Waals surface area contributed by atoms with Gasteiger partial charge in [0.05, 0.1) is 5.92 Å². The zero-order valence-corrected chi connectivity index (χ0v) is 14.9. The van der Waals surface area contributed by atoms with E-state index in [2.05, 4.69) is 10.6 Å². The van der Waals surface area contributed by atoms with Crippen LogP contribution in [-0.4, -0.2) is 42.0 Å². The molecule has 136 valence electrons. The van der Waals surface area contributed by atoms with Gasteiger partial charge in [-0.25, -0.2) is 4.79 Å². The van der Waals surface area contributed by atoms with Gasteiger partial charge in [0.15, 0.2) is 0 Å². The van der Waals surface area contributed by atoms with Crippen molar-refractivity contribution in [2.75, 3.05) is 13.1 Å². The van der Waals surface area contributed by atoms with E-state index in [4.69, 9.17) is 0 Å². The van der Waals surface area contributed by atoms with Gasteiger partial charge < -0.3 is 15.5 Å². The molecule has 0 aromatic carbocycles. The Balaban J connectivity index is 1.70. The molecular formula is C19H33N3O2. The lowest BCUT2D eigenvalue weighted by molar-refractivity contribution is -0.128. The minimum absolute atomic E-state index is 0.0195. The van der Waals surface area contributed by atoms with E-state index in [9.17, 15) is 9.59 Å². The molecule has 0 aromatic rings. The van der Waals surface area contributed by atoms with E-state index < -0.39 is 0 Å². The Morgan fingerprint density at radius 1 is 0.917 bits per heavy atom. The Morgan fingerprint density at radius 2 is 1.62 bits per heavy atom. The lowest BCUT2D eigenvalue weighted by Gasteiger charge is -2.40. The van der Waals surface area contributed by atoms with Crippen molar-refractivity contribution in [2.24, 2.45) is 5.92 Å². The minimum atomic E-state index is -0.0195. The molecule has 3 aliphatic rings. The molecule has 0 aromatic heterocycles. The first-order valence-corrected chi connectivity index (χ1v) is 10.1. The van der Waals surface area contributed by atoms with Gasteiger partial charge in [0.2, 0.25) is 5.91 Å². The molecule has 3 fully saturated rings. The monoisotopic (exact) mass is 335 g/mol. The van der Waals surface area contributed by atoms with Crippen LogP contribution < -0.4 is 10.6 Å². The summed E-state index contributed by atoms with van der Waals surface area (Å²) in [6.45, 7) is 1.59. The van der Waals surface area contributed by atoms with E-state index in [0.29, 0.717) is 6.04 Å². The van der Waals surface area contributed by atoms with E-state index in [1.807, 2.05) is 4.90 Å². The summed E-state index contributed by atoms with van der Waals surface area (Å²) >= 11 is 0. The van der Waals surface area contributed by atoms with Crippen LogP contribution in [0.3, 0.4) is 0 Å². The van der Waals surface area contributed by atoms with E-state index in [1.54, 1.807) is 0 Å². The van der Waals surface area contributed by atoms with Gasteiger partial charge in [-0.3, -0.25) is 4.79 Å². The first-order chi connectivity index (χ1) is 11.8. The SMILES string of the molecule is O=C1NCCCCCN(C(=O)NC2CCCCC2)[C@H]2CCCC[C@@H]12. The molecule has 2 aliphatic carbocycles. The third-order valence-electron chi connectivity index (χ3n) is 6.04. The average molecular weight is 335 g/mol. The maximum absolute atomic E-state index is 13.0. The van der Waals surface area contributed by atoms with Crippen molar-refractivity contribution in [3.05, 3.63) is 0 Å². The Hall–Kier alpha value is -1.26. The smallest absolute Gasteiger partial charge is 0.317 e. The van der Waals surface area contributed by atoms with Crippen molar-refractivity contribution >= 4 is 11.9 Å². The average Bonchev–Trinajstić information content (AvgIpc) is 2.61. The van der Waals surface area contributed by atoms with Crippen molar-refractivity contribution in [3.8, 4) is 0 Å². The highest BCUT2D eigenvalue weighted by Gasteiger charge is 2.37. The minimum Gasteiger partial charge on any atom is -0.356 e. The van der Waals surface area contributed by atoms with Crippen molar-refractivity contribution < 1.29 is 9.59 Å². The van der Waals surface area contributed by atoms with Crippen molar-refractivity contribution in [1.82, 2.24) is 15.5 Å². The summed E-state index contributed by atoms with van der Waals surface area (Å²) in [5.74, 6) is 0.144. The molecule has 2 N–H and O–H groups in total. The summed E-state index contributed by atoms with van der Waals surface area (Å²) < 4.78 is 0. The summed E-state index contributed by atoms with van der Waals surface area (Å²) in [5, 5.41) is 6.37. The van der Waals surface area contributed by atoms with Gasteiger partial charge in [-0.1, -0.05) is 32.1 Å². The first-order valence-electron chi connectivity index (χ1n) is 10.1. The van der Waals surface area contributed by atoms with E-state index in [-0.39, 0.29) is 23.9 Å². The maximum Gasteiger partial charge on any atom is 0.317 e. The van der Waals surface area contributed by atoms with Crippen molar-refractivity contribution in [2.45, 2.75) is 89.1 Å². The number of hydrogen-bond donors (Lipinski definition) is 2. The van der Waals surface area contributed by atoms with E-state index in [0.717, 1.165) is 70.9 Å². The molecule has 5 heteroatoms. The van der Waals surface area contributed by atoms with Crippen LogP contribution in [0.5, 0.6) is 0 Å². The zero-order valence-electron chi connectivity index (χ0n) is 14.9. The van der Waals surface area contributed by atoms with Gasteiger partial charge in [0, 0.05) is 25.2 Å². The highest BCUT2D eigenvalue weighted by molar-refractivity contribution is 5.81. The summed E-state index contributed by atoms with van der Waals surface area (Å²) in [5.41, 5.74) is 0. The number of nitrogens with zero attached hydrogens (tertiary/aromatic N) is 1. The van der Waals surface area contributed by atoms with E-state index in [1.165, 1.54) is 19.3 Å². The van der Waals surface area contributed by atoms with Crippen LogP contribution in [-0.2, 0) is 4.79 Å². The van der Waals surface area contributed by atoms with Crippen LogP contribution >= 0.6 is 0 Å². The molecule has 2 atom stereocenters. The number of rotatable bonds is 1. The molecule has 0 unspecified atom stereocenters. The zero-order chi connectivity index (χ0) is 16.8. The van der Waals surface area contributed by atoms with Crippen molar-refractivity contribution in [3.63, 3.8) is 0 Å². The normalized spacial score (nSPS) is 30.2. The topological polar surface area (TPSA) is 61.4 Å². The summed E-state index contributed by atoms with van der Waals surface area (Å²) in [4.78, 5) is 27.5. The number of carbonyl (C=O) groups is 2. The van der Waals surface area contributed by atoms with Crippen LogP contribution in [0.1, 0.15) is 77.0 Å². The van der Waals surface area contributed by atoms with Gasteiger partial charge in [-0.05, 0) is 44.9 Å². The second kappa shape index (κ2) is 8.72. The number of carbonyl (C=O) groups excluding carboxylic acids is 2. The Kier molecular flexibility index (Phi) is 6.38. The fourth-order valence-electron chi connectivity index (χ4n) is 4.64. The Bertz CT molecular complexity index is 434. The van der Waals surface area contributed by atoms with Gasteiger partial charge in [-0.2, -0.15) is 0 Å². The largest absolute Gasteiger partial charge is 0.356 e. The summed E-state index contributed by atoms with van der Waals surface area (Å²) in [7, 11) is 0. The summed E-state index contributed by atoms with van der Waals surface area (Å²) in [6, 6.07) is 0.491. The molecule has 1 aliphatic heterocycles. The Labute approximate surface area is 145 Å². The molecule has 2 saturated carbocycles. The van der Waals surface area contributed by atoms with Crippen LogP contribution in [0.2, 0.25) is 0 Å². The van der Waals surface area contributed by atoms with Crippen LogP contribution in [0.4, 0.5) is 4.79 Å². The second-order valence-electron chi connectivity index (χ2n) is 7.79. The molecule has 1 heterocycles. The first kappa shape index (κ1) is 17.6. The van der Waals surface area contributed by atoms with Gasteiger partial charge >= 0.3 is 6.03 Å². The van der Waals surface area contributed by atoms with Gasteiger partial charge in [-0.15, -0.1) is 0 Å². The van der Waals surface area contributed by atoms with Crippen LogP contribution in [0.25, 0.3) is 0 Å². The number of amides is 3. The van der Waals surface area contributed by atoms with Crippen LogP contribution in [0, 0.1) is 5.92 Å². The molecule has 0 bridgehead atoms. The molecule has 3 amide bonds. The molecule has 24 heavy (non-hydrogen) atoms. The summed E-state index contributed by atoms with van der Waals surface area (Å²) in [6.07, 6.45) is 13.2. The number of hydrogen-bond acceptors (Lipinski definition) is 2. The highest BCUT2D eigenvalue weighted by atomic mass is 16.2. The molecule has 0 spiro atoms. The van der Waals surface area contributed by atoms with Gasteiger partial charge in [0.1, 0.15) is 0 Å². The molecule has 3 rings (SSSR count). The van der Waals surface area contributed by atoms with Crippen molar-refractivity contribution in [1.29, 1.82) is 0 Å². The lowest BCUT2D eigenvalue weighted by Crippen LogP contribution is -2.55. The number of nitrogens with one attached hydrogen (secondary N) is 2. The molecule has 1 saturated heterocycles. The molecular weight excluding hydrogens is 302 g/mol. The number of fused-ring (bicyclic) bond motifs is 1. The molecule has 0 radical (unpaired) electrons.